The van der Waals surface area contributed by atoms with Crippen molar-refractivity contribution >= 4 is 17.2 Å². The zero-order valence-corrected chi connectivity index (χ0v) is 14.4. The third kappa shape index (κ3) is 3.73. The summed E-state index contributed by atoms with van der Waals surface area (Å²) in [5, 5.41) is 1.00. The number of nitrogens with zero attached hydrogens (tertiary/aromatic N) is 4. The number of aromatic nitrogens is 3. The minimum absolute atomic E-state index is 0.121. The minimum Gasteiger partial charge on any atom is -0.368 e. The highest BCUT2D eigenvalue weighted by Gasteiger charge is 2.27. The Hall–Kier alpha value is -1.86. The number of hydrogen-bond acceptors (Lipinski definition) is 6. The molecule has 1 aliphatic rings. The van der Waals surface area contributed by atoms with E-state index in [9.17, 15) is 4.79 Å². The molecule has 1 amide bonds. The number of amides is 1. The Kier molecular flexibility index (Phi) is 4.68. The number of ether oxygens (including phenoxy) is 1. The van der Waals surface area contributed by atoms with E-state index < -0.39 is 0 Å². The van der Waals surface area contributed by atoms with Crippen LogP contribution in [0.4, 0.5) is 0 Å². The maximum Gasteiger partial charge on any atom is 0.228 e. The number of morpholine rings is 1. The first-order chi connectivity index (χ1) is 11.0. The van der Waals surface area contributed by atoms with Crippen molar-refractivity contribution in [1.29, 1.82) is 0 Å². The molecule has 23 heavy (non-hydrogen) atoms. The molecule has 0 saturated carbocycles. The predicted molar refractivity (Wildman–Crippen MR) is 87.3 cm³/mol. The maximum absolute atomic E-state index is 12.6. The lowest BCUT2D eigenvalue weighted by molar-refractivity contribution is -0.138. The first-order valence-electron chi connectivity index (χ1n) is 7.65. The van der Waals surface area contributed by atoms with Gasteiger partial charge in [0, 0.05) is 17.6 Å². The van der Waals surface area contributed by atoms with Gasteiger partial charge in [-0.1, -0.05) is 0 Å². The predicted octanol–water partition coefficient (Wildman–Crippen LogP) is 2.00. The average Bonchev–Trinajstić information content (AvgIpc) is 2.85. The number of carbonyl (C=O) groups is 1. The summed E-state index contributed by atoms with van der Waals surface area (Å²) in [6, 6.07) is 1.85. The third-order valence-electron chi connectivity index (χ3n) is 3.86. The fourth-order valence-corrected chi connectivity index (χ4v) is 3.62. The zero-order valence-electron chi connectivity index (χ0n) is 13.6. The number of carbonyl (C=O) groups excluding carboxylic acids is 1. The minimum atomic E-state index is -0.182. The van der Waals surface area contributed by atoms with Gasteiger partial charge in [-0.15, -0.1) is 11.3 Å². The first-order valence-corrected chi connectivity index (χ1v) is 8.46. The molecule has 3 rings (SSSR count). The van der Waals surface area contributed by atoms with Crippen molar-refractivity contribution in [2.45, 2.75) is 33.3 Å². The van der Waals surface area contributed by atoms with Gasteiger partial charge in [-0.3, -0.25) is 4.79 Å². The molecule has 1 atom stereocenters. The highest BCUT2D eigenvalue weighted by molar-refractivity contribution is 7.11. The van der Waals surface area contributed by atoms with Crippen LogP contribution >= 0.6 is 11.3 Å². The summed E-state index contributed by atoms with van der Waals surface area (Å²) in [7, 11) is 0. The molecule has 2 aromatic heterocycles. The van der Waals surface area contributed by atoms with Gasteiger partial charge in [0.25, 0.3) is 0 Å². The van der Waals surface area contributed by atoms with Crippen LogP contribution in [0.5, 0.6) is 0 Å². The Bertz CT molecular complexity index is 716. The van der Waals surface area contributed by atoms with E-state index in [0.717, 1.165) is 21.3 Å². The Morgan fingerprint density at radius 3 is 2.91 bits per heavy atom. The maximum atomic E-state index is 12.6. The molecule has 0 radical (unpaired) electrons. The molecular formula is C16H20N4O2S. The van der Waals surface area contributed by atoms with E-state index in [0.29, 0.717) is 31.9 Å². The van der Waals surface area contributed by atoms with Gasteiger partial charge in [0.05, 0.1) is 36.0 Å². The Balaban J connectivity index is 1.68. The second-order valence-corrected chi connectivity index (χ2v) is 6.93. The van der Waals surface area contributed by atoms with Crippen LogP contribution < -0.4 is 0 Å². The van der Waals surface area contributed by atoms with Crippen molar-refractivity contribution in [1.82, 2.24) is 19.9 Å². The Labute approximate surface area is 139 Å². The molecule has 0 aliphatic carbocycles. The number of thiazole rings is 1. The first kappa shape index (κ1) is 16.0. The van der Waals surface area contributed by atoms with Crippen LogP contribution in [0.2, 0.25) is 0 Å². The third-order valence-corrected chi connectivity index (χ3v) is 4.93. The van der Waals surface area contributed by atoms with Gasteiger partial charge in [-0.2, -0.15) is 0 Å². The molecule has 7 heteroatoms. The summed E-state index contributed by atoms with van der Waals surface area (Å²) in [6.07, 6.45) is 1.96. The van der Waals surface area contributed by atoms with Crippen molar-refractivity contribution in [3.05, 3.63) is 39.4 Å². The highest BCUT2D eigenvalue weighted by atomic mass is 32.1. The fourth-order valence-electron chi connectivity index (χ4n) is 2.70. The molecule has 122 valence electrons. The SMILES string of the molecule is Cc1nccc([C@H]2CN(C(=O)Cc3sc(C)nc3C)CCO2)n1. The van der Waals surface area contributed by atoms with Crippen LogP contribution in [0.25, 0.3) is 0 Å². The van der Waals surface area contributed by atoms with Crippen LogP contribution in [0.1, 0.15) is 33.2 Å². The molecule has 0 spiro atoms. The molecule has 0 unspecified atom stereocenters. The summed E-state index contributed by atoms with van der Waals surface area (Å²) in [6.45, 7) is 7.46. The number of aryl methyl sites for hydroxylation is 3. The summed E-state index contributed by atoms with van der Waals surface area (Å²) >= 11 is 1.60. The van der Waals surface area contributed by atoms with Crippen molar-refractivity contribution in [3.8, 4) is 0 Å². The van der Waals surface area contributed by atoms with Crippen LogP contribution in [0, 0.1) is 20.8 Å². The van der Waals surface area contributed by atoms with Crippen LogP contribution in [0.3, 0.4) is 0 Å². The van der Waals surface area contributed by atoms with Crippen molar-refractivity contribution in [3.63, 3.8) is 0 Å². The molecular weight excluding hydrogens is 312 g/mol. The van der Waals surface area contributed by atoms with Crippen LogP contribution in [-0.4, -0.2) is 45.5 Å². The van der Waals surface area contributed by atoms with E-state index in [1.165, 1.54) is 0 Å². The highest BCUT2D eigenvalue weighted by Crippen LogP contribution is 2.23. The normalized spacial score (nSPS) is 18.2. The van der Waals surface area contributed by atoms with Gasteiger partial charge in [0.1, 0.15) is 11.9 Å². The van der Waals surface area contributed by atoms with Crippen LogP contribution in [0.15, 0.2) is 12.3 Å². The molecule has 1 fully saturated rings. The van der Waals surface area contributed by atoms with E-state index in [4.69, 9.17) is 4.74 Å². The summed E-state index contributed by atoms with van der Waals surface area (Å²) in [5.74, 6) is 0.834. The Morgan fingerprint density at radius 2 is 2.22 bits per heavy atom. The second kappa shape index (κ2) is 6.72. The van der Waals surface area contributed by atoms with E-state index in [2.05, 4.69) is 15.0 Å². The molecule has 2 aromatic rings. The largest absolute Gasteiger partial charge is 0.368 e. The van der Waals surface area contributed by atoms with Gasteiger partial charge in [0.2, 0.25) is 5.91 Å². The van der Waals surface area contributed by atoms with E-state index in [1.54, 1.807) is 17.5 Å². The van der Waals surface area contributed by atoms with Gasteiger partial charge in [-0.25, -0.2) is 15.0 Å². The van der Waals surface area contributed by atoms with Crippen molar-refractivity contribution in [2.24, 2.45) is 0 Å². The zero-order chi connectivity index (χ0) is 16.4. The smallest absolute Gasteiger partial charge is 0.228 e. The van der Waals surface area contributed by atoms with Crippen LogP contribution in [-0.2, 0) is 16.0 Å². The van der Waals surface area contributed by atoms with E-state index in [-0.39, 0.29) is 12.0 Å². The van der Waals surface area contributed by atoms with Gasteiger partial charge in [0.15, 0.2) is 0 Å². The van der Waals surface area contributed by atoms with Gasteiger partial charge in [-0.05, 0) is 26.8 Å². The number of hydrogen-bond donors (Lipinski definition) is 0. The number of rotatable bonds is 3. The Morgan fingerprint density at radius 1 is 1.39 bits per heavy atom. The molecule has 0 bridgehead atoms. The lowest BCUT2D eigenvalue weighted by Crippen LogP contribution is -2.43. The molecule has 1 aliphatic heterocycles. The molecule has 6 nitrogen and oxygen atoms in total. The summed E-state index contributed by atoms with van der Waals surface area (Å²) < 4.78 is 5.78. The lowest BCUT2D eigenvalue weighted by atomic mass is 10.1. The lowest BCUT2D eigenvalue weighted by Gasteiger charge is -2.32. The molecule has 0 aromatic carbocycles. The standard InChI is InChI=1S/C16H20N4O2S/c1-10-15(23-12(3)18-10)8-16(21)20-6-7-22-14(9-20)13-4-5-17-11(2)19-13/h4-5,14H,6-9H2,1-3H3/t14-/m1/s1. The quantitative estimate of drug-likeness (QED) is 0.860. The molecule has 3 heterocycles. The fraction of sp³-hybridized carbons (Fsp3) is 0.500. The summed E-state index contributed by atoms with van der Waals surface area (Å²) in [5.41, 5.74) is 1.79. The van der Waals surface area contributed by atoms with Gasteiger partial charge < -0.3 is 9.64 Å². The second-order valence-electron chi connectivity index (χ2n) is 5.65. The van der Waals surface area contributed by atoms with E-state index >= 15 is 0 Å². The van der Waals surface area contributed by atoms with Gasteiger partial charge >= 0.3 is 0 Å². The topological polar surface area (TPSA) is 68.2 Å². The van der Waals surface area contributed by atoms with Crippen molar-refractivity contribution in [2.75, 3.05) is 19.7 Å². The van der Waals surface area contributed by atoms with Crippen molar-refractivity contribution < 1.29 is 9.53 Å². The monoisotopic (exact) mass is 332 g/mol. The molecule has 1 saturated heterocycles. The van der Waals surface area contributed by atoms with E-state index in [1.807, 2.05) is 31.7 Å². The summed E-state index contributed by atoms with van der Waals surface area (Å²) in [4.78, 5) is 28.4. The average molecular weight is 332 g/mol. The molecule has 0 N–H and O–H groups in total.